The number of benzene rings is 2. The second kappa shape index (κ2) is 8.50. The summed E-state index contributed by atoms with van der Waals surface area (Å²) in [5.74, 6) is -0.00411. The highest BCUT2D eigenvalue weighted by atomic mass is 32.1. The van der Waals surface area contributed by atoms with Gasteiger partial charge in [0.05, 0.1) is 24.8 Å². The molecule has 1 unspecified atom stereocenters. The first-order valence-electron chi connectivity index (χ1n) is 9.38. The minimum atomic E-state index is -0.210. The average Bonchev–Trinajstić information content (AvgIpc) is 3.23. The molecule has 3 aromatic rings. The fraction of sp³-hybridized carbons (Fsp3) is 0.217. The van der Waals surface area contributed by atoms with Crippen LogP contribution in [0.25, 0.3) is 11.3 Å². The number of aromatic nitrogens is 1. The molecule has 1 aliphatic heterocycles. The molecule has 0 N–H and O–H groups in total. The van der Waals surface area contributed by atoms with Crippen molar-refractivity contribution in [1.29, 1.82) is 0 Å². The quantitative estimate of drug-likeness (QED) is 0.554. The van der Waals surface area contributed by atoms with Crippen LogP contribution in [0.2, 0.25) is 0 Å². The molecule has 0 bridgehead atoms. The molecule has 4 nitrogen and oxygen atoms in total. The second-order valence-corrected chi connectivity index (χ2v) is 7.52. The maximum Gasteiger partial charge on any atom is 0.232 e. The first kappa shape index (κ1) is 18.6. The molecule has 28 heavy (non-hydrogen) atoms. The maximum atomic E-state index is 13.1. The highest BCUT2D eigenvalue weighted by molar-refractivity contribution is 7.14. The molecule has 0 saturated heterocycles. The minimum absolute atomic E-state index is 0.00411. The molecule has 1 aromatic heterocycles. The molecule has 0 fully saturated rings. The predicted molar refractivity (Wildman–Crippen MR) is 114 cm³/mol. The number of amides is 1. The van der Waals surface area contributed by atoms with E-state index in [-0.39, 0.29) is 12.0 Å². The fourth-order valence-corrected chi connectivity index (χ4v) is 4.32. The lowest BCUT2D eigenvalue weighted by molar-refractivity contribution is -0.121. The summed E-state index contributed by atoms with van der Waals surface area (Å²) in [6.07, 6.45) is 2.71. The minimum Gasteiger partial charge on any atom is -0.373 e. The van der Waals surface area contributed by atoms with Gasteiger partial charge in [0.1, 0.15) is 0 Å². The number of rotatable bonds is 6. The Morgan fingerprint density at radius 3 is 2.82 bits per heavy atom. The molecule has 4 rings (SSSR count). The molecule has 1 aliphatic rings. The fourth-order valence-electron chi connectivity index (χ4n) is 3.46. The molecule has 142 valence electrons. The van der Waals surface area contributed by atoms with Crippen LogP contribution in [0.3, 0.4) is 0 Å². The van der Waals surface area contributed by atoms with Crippen molar-refractivity contribution in [2.75, 3.05) is 18.1 Å². The van der Waals surface area contributed by atoms with E-state index in [0.29, 0.717) is 24.7 Å². The Balaban J connectivity index is 1.55. The second-order valence-electron chi connectivity index (χ2n) is 6.69. The van der Waals surface area contributed by atoms with Crippen molar-refractivity contribution in [3.63, 3.8) is 0 Å². The van der Waals surface area contributed by atoms with Gasteiger partial charge in [-0.05, 0) is 17.5 Å². The van der Waals surface area contributed by atoms with Crippen molar-refractivity contribution in [2.45, 2.75) is 18.9 Å². The van der Waals surface area contributed by atoms with E-state index in [9.17, 15) is 4.79 Å². The van der Waals surface area contributed by atoms with Crippen LogP contribution in [0.15, 0.2) is 72.6 Å². The number of carbonyl (C=O) groups is 1. The largest absolute Gasteiger partial charge is 0.373 e. The molecule has 0 spiro atoms. The summed E-state index contributed by atoms with van der Waals surface area (Å²) in [5.41, 5.74) is 4.30. The van der Waals surface area contributed by atoms with Crippen LogP contribution in [0.4, 0.5) is 5.13 Å². The number of hydrogen-bond donors (Lipinski definition) is 0. The van der Waals surface area contributed by atoms with E-state index in [1.54, 1.807) is 11.0 Å². The lowest BCUT2D eigenvalue weighted by Gasteiger charge is -2.27. The number of hydrogen-bond acceptors (Lipinski definition) is 4. The van der Waals surface area contributed by atoms with Gasteiger partial charge in [-0.1, -0.05) is 60.7 Å². The Morgan fingerprint density at radius 1 is 1.21 bits per heavy atom. The standard InChI is InChI=1S/C23H22N2O2S/c1-2-13-25(23-24-20(16-28-23)18-9-4-3-5-10-18)22(26)15-21-19-11-7-6-8-17(19)12-14-27-21/h2-11,16,21H,1,12-15H2. The van der Waals surface area contributed by atoms with Crippen LogP contribution in [-0.2, 0) is 16.0 Å². The third kappa shape index (κ3) is 3.91. The number of ether oxygens (including phenoxy) is 1. The first-order valence-corrected chi connectivity index (χ1v) is 10.3. The van der Waals surface area contributed by atoms with Crippen molar-refractivity contribution in [2.24, 2.45) is 0 Å². The summed E-state index contributed by atoms with van der Waals surface area (Å²) < 4.78 is 5.92. The monoisotopic (exact) mass is 390 g/mol. The zero-order valence-corrected chi connectivity index (χ0v) is 16.4. The van der Waals surface area contributed by atoms with Crippen molar-refractivity contribution in [3.8, 4) is 11.3 Å². The molecule has 2 aromatic carbocycles. The van der Waals surface area contributed by atoms with Gasteiger partial charge in [0.2, 0.25) is 5.91 Å². The average molecular weight is 391 g/mol. The highest BCUT2D eigenvalue weighted by Gasteiger charge is 2.27. The normalized spacial score (nSPS) is 15.6. The lowest BCUT2D eigenvalue weighted by Crippen LogP contribution is -2.33. The molecule has 5 heteroatoms. The van der Waals surface area contributed by atoms with Gasteiger partial charge in [-0.3, -0.25) is 9.69 Å². The van der Waals surface area contributed by atoms with Crippen LogP contribution in [0.1, 0.15) is 23.7 Å². The number of anilines is 1. The van der Waals surface area contributed by atoms with Crippen LogP contribution < -0.4 is 4.90 Å². The number of nitrogens with zero attached hydrogens (tertiary/aromatic N) is 2. The number of fused-ring (bicyclic) bond motifs is 1. The summed E-state index contributed by atoms with van der Waals surface area (Å²) in [6, 6.07) is 18.2. The van der Waals surface area contributed by atoms with Gasteiger partial charge in [0, 0.05) is 17.5 Å². The molecule has 0 radical (unpaired) electrons. The zero-order chi connectivity index (χ0) is 19.3. The molecule has 2 heterocycles. The van der Waals surface area contributed by atoms with E-state index in [1.165, 1.54) is 16.9 Å². The van der Waals surface area contributed by atoms with Crippen molar-refractivity contribution >= 4 is 22.4 Å². The topological polar surface area (TPSA) is 42.4 Å². The third-order valence-corrected chi connectivity index (χ3v) is 5.72. The van der Waals surface area contributed by atoms with Crippen molar-refractivity contribution < 1.29 is 9.53 Å². The lowest BCUT2D eigenvalue weighted by atomic mass is 9.95. The Morgan fingerprint density at radius 2 is 2.00 bits per heavy atom. The summed E-state index contributed by atoms with van der Waals surface area (Å²) in [5, 5.41) is 2.67. The Kier molecular flexibility index (Phi) is 5.65. The van der Waals surface area contributed by atoms with Crippen LogP contribution >= 0.6 is 11.3 Å². The molecule has 0 saturated carbocycles. The zero-order valence-electron chi connectivity index (χ0n) is 15.6. The summed E-state index contributed by atoms with van der Waals surface area (Å²) in [7, 11) is 0. The van der Waals surface area contributed by atoms with E-state index in [1.807, 2.05) is 47.8 Å². The summed E-state index contributed by atoms with van der Waals surface area (Å²) in [6.45, 7) is 4.88. The first-order chi connectivity index (χ1) is 13.8. The van der Waals surface area contributed by atoms with Gasteiger partial charge in [0.25, 0.3) is 0 Å². The maximum absolute atomic E-state index is 13.1. The number of carbonyl (C=O) groups excluding carboxylic acids is 1. The van der Waals surface area contributed by atoms with Gasteiger partial charge in [-0.25, -0.2) is 4.98 Å². The molecule has 1 atom stereocenters. The molecule has 0 aliphatic carbocycles. The van der Waals surface area contributed by atoms with Crippen LogP contribution in [-0.4, -0.2) is 24.0 Å². The van der Waals surface area contributed by atoms with Gasteiger partial charge in [0.15, 0.2) is 5.13 Å². The Bertz CT molecular complexity index is 967. The van der Waals surface area contributed by atoms with Crippen LogP contribution in [0, 0.1) is 0 Å². The molecule has 1 amide bonds. The van der Waals surface area contributed by atoms with Crippen molar-refractivity contribution in [3.05, 3.63) is 83.8 Å². The Hall–Kier alpha value is -2.76. The smallest absolute Gasteiger partial charge is 0.232 e. The third-order valence-electron chi connectivity index (χ3n) is 4.86. The predicted octanol–water partition coefficient (Wildman–Crippen LogP) is 5.03. The van der Waals surface area contributed by atoms with Crippen LogP contribution in [0.5, 0.6) is 0 Å². The van der Waals surface area contributed by atoms with Gasteiger partial charge < -0.3 is 4.74 Å². The number of thiazole rings is 1. The van der Waals surface area contributed by atoms with E-state index >= 15 is 0 Å². The molecular formula is C23H22N2O2S. The molecular weight excluding hydrogens is 368 g/mol. The van der Waals surface area contributed by atoms with Crippen molar-refractivity contribution in [1.82, 2.24) is 4.98 Å². The SMILES string of the molecule is C=CCN(C(=O)CC1OCCc2ccccc21)c1nc(-c2ccccc2)cs1. The van der Waals surface area contributed by atoms with Gasteiger partial charge in [-0.15, -0.1) is 17.9 Å². The van der Waals surface area contributed by atoms with Gasteiger partial charge in [-0.2, -0.15) is 0 Å². The van der Waals surface area contributed by atoms with E-state index in [0.717, 1.165) is 23.2 Å². The highest BCUT2D eigenvalue weighted by Crippen LogP contribution is 2.32. The Labute approximate surface area is 169 Å². The van der Waals surface area contributed by atoms with Gasteiger partial charge >= 0.3 is 0 Å². The summed E-state index contributed by atoms with van der Waals surface area (Å²) in [4.78, 5) is 19.5. The van der Waals surface area contributed by atoms with E-state index in [2.05, 4.69) is 18.7 Å². The van der Waals surface area contributed by atoms with E-state index < -0.39 is 0 Å². The summed E-state index contributed by atoms with van der Waals surface area (Å²) >= 11 is 1.47. The van der Waals surface area contributed by atoms with E-state index in [4.69, 9.17) is 9.72 Å².